The van der Waals surface area contributed by atoms with Crippen molar-refractivity contribution < 1.29 is 9.90 Å². The summed E-state index contributed by atoms with van der Waals surface area (Å²) in [7, 11) is 0. The molecule has 2 aromatic heterocycles. The number of piperidine rings is 1. The first-order valence-electron chi connectivity index (χ1n) is 7.24. The number of rotatable bonds is 4. The van der Waals surface area contributed by atoms with Crippen LogP contribution in [-0.4, -0.2) is 28.6 Å². The molecule has 112 valence electrons. The van der Waals surface area contributed by atoms with Crippen LogP contribution in [0.5, 0.6) is 0 Å². The molecule has 1 saturated heterocycles. The standard InChI is InChI=1S/C16H19NO2S2/c1-11-5-6-14(21-11)15(12-7-9-20-10-12)17-8-3-2-4-13(17)16(18)19/h5-7,9-10,13,15H,2-4,8H2,1H3,(H,18,19). The van der Waals surface area contributed by atoms with E-state index in [4.69, 9.17) is 0 Å². The van der Waals surface area contributed by atoms with Crippen LogP contribution in [0.4, 0.5) is 0 Å². The number of carboxylic acids is 1. The SMILES string of the molecule is Cc1ccc(C(c2ccsc2)N2CCCCC2C(=O)O)s1. The molecule has 2 aromatic rings. The minimum Gasteiger partial charge on any atom is -0.480 e. The van der Waals surface area contributed by atoms with Crippen LogP contribution < -0.4 is 0 Å². The minimum absolute atomic E-state index is 0.0800. The predicted molar refractivity (Wildman–Crippen MR) is 87.2 cm³/mol. The Morgan fingerprint density at radius 1 is 1.38 bits per heavy atom. The first-order chi connectivity index (χ1) is 10.2. The number of aryl methyl sites for hydroxylation is 1. The second-order valence-corrected chi connectivity index (χ2v) is 7.59. The Labute approximate surface area is 132 Å². The van der Waals surface area contributed by atoms with Gasteiger partial charge in [-0.25, -0.2) is 0 Å². The fraction of sp³-hybridized carbons (Fsp3) is 0.438. The molecule has 3 heterocycles. The van der Waals surface area contributed by atoms with E-state index in [0.717, 1.165) is 25.8 Å². The van der Waals surface area contributed by atoms with Gasteiger partial charge in [0.2, 0.25) is 0 Å². The highest BCUT2D eigenvalue weighted by atomic mass is 32.1. The molecule has 21 heavy (non-hydrogen) atoms. The number of carboxylic acid groups (broad SMARTS) is 1. The third-order valence-electron chi connectivity index (χ3n) is 4.05. The highest BCUT2D eigenvalue weighted by Gasteiger charge is 2.35. The quantitative estimate of drug-likeness (QED) is 0.920. The van der Waals surface area contributed by atoms with Crippen LogP contribution >= 0.6 is 22.7 Å². The molecule has 0 spiro atoms. The Bertz CT molecular complexity index is 606. The largest absolute Gasteiger partial charge is 0.480 e. The fourth-order valence-electron chi connectivity index (χ4n) is 3.08. The highest BCUT2D eigenvalue weighted by molar-refractivity contribution is 7.12. The summed E-state index contributed by atoms with van der Waals surface area (Å²) >= 11 is 3.45. The summed E-state index contributed by atoms with van der Waals surface area (Å²) < 4.78 is 0. The predicted octanol–water partition coefficient (Wildman–Crippen LogP) is 4.15. The van der Waals surface area contributed by atoms with Crippen molar-refractivity contribution in [3.63, 3.8) is 0 Å². The topological polar surface area (TPSA) is 40.5 Å². The molecule has 0 amide bonds. The number of hydrogen-bond donors (Lipinski definition) is 1. The second-order valence-electron chi connectivity index (χ2n) is 5.50. The van der Waals surface area contributed by atoms with E-state index in [1.54, 1.807) is 22.7 Å². The summed E-state index contributed by atoms with van der Waals surface area (Å²) in [5, 5.41) is 13.8. The maximum Gasteiger partial charge on any atom is 0.320 e. The van der Waals surface area contributed by atoms with Gasteiger partial charge < -0.3 is 5.11 Å². The monoisotopic (exact) mass is 321 g/mol. The molecule has 0 saturated carbocycles. The van der Waals surface area contributed by atoms with E-state index in [1.165, 1.54) is 15.3 Å². The van der Waals surface area contributed by atoms with Crippen LogP contribution in [0.1, 0.15) is 40.6 Å². The summed E-state index contributed by atoms with van der Waals surface area (Å²) in [6, 6.07) is 6.11. The fourth-order valence-corrected chi connectivity index (χ4v) is 4.78. The van der Waals surface area contributed by atoms with Crippen molar-refractivity contribution in [1.82, 2.24) is 4.90 Å². The van der Waals surface area contributed by atoms with Gasteiger partial charge >= 0.3 is 5.97 Å². The first-order valence-corrected chi connectivity index (χ1v) is 8.99. The Morgan fingerprint density at radius 2 is 2.24 bits per heavy atom. The molecule has 1 N–H and O–H groups in total. The number of hydrogen-bond acceptors (Lipinski definition) is 4. The minimum atomic E-state index is -0.691. The molecular weight excluding hydrogens is 302 g/mol. The summed E-state index contributed by atoms with van der Waals surface area (Å²) in [6.45, 7) is 2.96. The van der Waals surface area contributed by atoms with Crippen LogP contribution in [-0.2, 0) is 4.79 Å². The van der Waals surface area contributed by atoms with Crippen LogP contribution in [0.15, 0.2) is 29.0 Å². The Morgan fingerprint density at radius 3 is 2.86 bits per heavy atom. The molecule has 2 atom stereocenters. The van der Waals surface area contributed by atoms with E-state index in [0.29, 0.717) is 0 Å². The van der Waals surface area contributed by atoms with Gasteiger partial charge in [0.1, 0.15) is 6.04 Å². The zero-order valence-electron chi connectivity index (χ0n) is 12.0. The average Bonchev–Trinajstić information content (AvgIpc) is 3.12. The van der Waals surface area contributed by atoms with Crippen LogP contribution in [0.2, 0.25) is 0 Å². The number of carbonyl (C=O) groups is 1. The first kappa shape index (κ1) is 14.8. The zero-order chi connectivity index (χ0) is 14.8. The van der Waals surface area contributed by atoms with Crippen molar-refractivity contribution in [2.45, 2.75) is 38.3 Å². The molecule has 1 aliphatic rings. The normalized spacial score (nSPS) is 21.3. The maximum atomic E-state index is 11.6. The lowest BCUT2D eigenvalue weighted by molar-refractivity contribution is -0.145. The summed E-state index contributed by atoms with van der Waals surface area (Å²) in [4.78, 5) is 16.3. The van der Waals surface area contributed by atoms with E-state index >= 15 is 0 Å². The van der Waals surface area contributed by atoms with E-state index < -0.39 is 5.97 Å². The van der Waals surface area contributed by atoms with Gasteiger partial charge in [0.05, 0.1) is 6.04 Å². The van der Waals surface area contributed by atoms with E-state index in [1.807, 2.05) is 0 Å². The second kappa shape index (κ2) is 6.30. The lowest BCUT2D eigenvalue weighted by Gasteiger charge is -2.38. The van der Waals surface area contributed by atoms with E-state index in [-0.39, 0.29) is 12.1 Å². The Balaban J connectivity index is 2.00. The van der Waals surface area contributed by atoms with Crippen molar-refractivity contribution >= 4 is 28.6 Å². The van der Waals surface area contributed by atoms with Gasteiger partial charge in [0.25, 0.3) is 0 Å². The number of likely N-dealkylation sites (tertiary alicyclic amines) is 1. The third kappa shape index (κ3) is 3.05. The molecule has 0 aliphatic carbocycles. The third-order valence-corrected chi connectivity index (χ3v) is 5.81. The number of thiophene rings is 2. The Hall–Kier alpha value is -1.17. The summed E-state index contributed by atoms with van der Waals surface area (Å²) in [5.74, 6) is -0.691. The van der Waals surface area contributed by atoms with Crippen molar-refractivity contribution in [2.24, 2.45) is 0 Å². The smallest absolute Gasteiger partial charge is 0.320 e. The average molecular weight is 321 g/mol. The van der Waals surface area contributed by atoms with Crippen LogP contribution in [0, 0.1) is 6.92 Å². The van der Waals surface area contributed by atoms with Crippen LogP contribution in [0.3, 0.4) is 0 Å². The van der Waals surface area contributed by atoms with E-state index in [9.17, 15) is 9.90 Å². The van der Waals surface area contributed by atoms with Gasteiger partial charge in [-0.15, -0.1) is 11.3 Å². The van der Waals surface area contributed by atoms with Gasteiger partial charge in [-0.2, -0.15) is 11.3 Å². The zero-order valence-corrected chi connectivity index (χ0v) is 13.6. The number of aliphatic carboxylic acids is 1. The van der Waals surface area contributed by atoms with Crippen molar-refractivity contribution in [3.05, 3.63) is 44.3 Å². The van der Waals surface area contributed by atoms with Gasteiger partial charge in [-0.3, -0.25) is 9.69 Å². The van der Waals surface area contributed by atoms with E-state index in [2.05, 4.69) is 40.8 Å². The molecule has 0 bridgehead atoms. The highest BCUT2D eigenvalue weighted by Crippen LogP contribution is 2.38. The lowest BCUT2D eigenvalue weighted by Crippen LogP contribution is -2.46. The number of nitrogens with zero attached hydrogens (tertiary/aromatic N) is 1. The molecule has 1 aliphatic heterocycles. The van der Waals surface area contributed by atoms with Gasteiger partial charge in [0, 0.05) is 9.75 Å². The van der Waals surface area contributed by atoms with Crippen molar-refractivity contribution in [2.75, 3.05) is 6.54 Å². The molecule has 1 fully saturated rings. The Kier molecular flexibility index (Phi) is 4.42. The van der Waals surface area contributed by atoms with Gasteiger partial charge in [0.15, 0.2) is 0 Å². The van der Waals surface area contributed by atoms with Crippen molar-refractivity contribution in [1.29, 1.82) is 0 Å². The van der Waals surface area contributed by atoms with Crippen LogP contribution in [0.25, 0.3) is 0 Å². The molecule has 3 rings (SSSR count). The van der Waals surface area contributed by atoms with Crippen molar-refractivity contribution in [3.8, 4) is 0 Å². The molecule has 0 aromatic carbocycles. The van der Waals surface area contributed by atoms with Gasteiger partial charge in [-0.1, -0.05) is 6.42 Å². The molecule has 5 heteroatoms. The lowest BCUT2D eigenvalue weighted by atomic mass is 9.96. The summed E-state index contributed by atoms with van der Waals surface area (Å²) in [5.41, 5.74) is 1.22. The molecule has 2 unspecified atom stereocenters. The van der Waals surface area contributed by atoms with Gasteiger partial charge in [-0.05, 0) is 60.8 Å². The molecule has 0 radical (unpaired) electrons. The summed E-state index contributed by atoms with van der Waals surface area (Å²) in [6.07, 6.45) is 2.84. The maximum absolute atomic E-state index is 11.6. The molecule has 3 nitrogen and oxygen atoms in total. The molecular formula is C16H19NO2S2.